The van der Waals surface area contributed by atoms with Crippen LogP contribution >= 0.6 is 0 Å². The third-order valence-electron chi connectivity index (χ3n) is 4.82. The SMILES string of the molecule is C/C=C/c1c(F)ccc2c3c([nH]c12)C(CC)(CC(=O)OC)OCC3. The van der Waals surface area contributed by atoms with E-state index in [4.69, 9.17) is 9.47 Å². The average Bonchev–Trinajstić information content (AvgIpc) is 2.97. The molecule has 1 unspecified atom stereocenters. The Hall–Kier alpha value is -2.14. The van der Waals surface area contributed by atoms with Gasteiger partial charge in [0.2, 0.25) is 0 Å². The molecule has 0 saturated heterocycles. The molecule has 0 radical (unpaired) electrons. The largest absolute Gasteiger partial charge is 0.469 e. The summed E-state index contributed by atoms with van der Waals surface area (Å²) >= 11 is 0. The van der Waals surface area contributed by atoms with Crippen LogP contribution in [0.5, 0.6) is 0 Å². The van der Waals surface area contributed by atoms with Gasteiger partial charge in [-0.3, -0.25) is 4.79 Å². The zero-order valence-corrected chi connectivity index (χ0v) is 14.2. The number of carbonyl (C=O) groups excluding carboxylic acids is 1. The Morgan fingerprint density at radius 2 is 2.29 bits per heavy atom. The lowest BCUT2D eigenvalue weighted by molar-refractivity contribution is -0.152. The first kappa shape index (κ1) is 16.7. The molecular weight excluding hydrogens is 309 g/mol. The summed E-state index contributed by atoms with van der Waals surface area (Å²) in [6.07, 6.45) is 5.08. The van der Waals surface area contributed by atoms with Gasteiger partial charge in [0, 0.05) is 10.9 Å². The molecule has 3 rings (SSSR count). The number of aromatic nitrogens is 1. The monoisotopic (exact) mass is 331 g/mol. The topological polar surface area (TPSA) is 51.3 Å². The lowest BCUT2D eigenvalue weighted by atomic mass is 9.86. The minimum absolute atomic E-state index is 0.140. The summed E-state index contributed by atoms with van der Waals surface area (Å²) < 4.78 is 25.1. The van der Waals surface area contributed by atoms with Gasteiger partial charge in [0.1, 0.15) is 11.4 Å². The maximum Gasteiger partial charge on any atom is 0.308 e. The predicted octanol–water partition coefficient (Wildman–Crippen LogP) is 4.08. The lowest BCUT2D eigenvalue weighted by Crippen LogP contribution is -2.37. The van der Waals surface area contributed by atoms with Gasteiger partial charge < -0.3 is 14.5 Å². The van der Waals surface area contributed by atoms with Crippen LogP contribution in [0.2, 0.25) is 0 Å². The van der Waals surface area contributed by atoms with Gasteiger partial charge in [0.25, 0.3) is 0 Å². The van der Waals surface area contributed by atoms with Crippen LogP contribution < -0.4 is 0 Å². The van der Waals surface area contributed by atoms with Crippen LogP contribution in [-0.4, -0.2) is 24.7 Å². The smallest absolute Gasteiger partial charge is 0.308 e. The fourth-order valence-corrected chi connectivity index (χ4v) is 3.56. The normalized spacial score (nSPS) is 20.5. The standard InChI is InChI=1S/C19H22FNO3/c1-4-6-14-15(20)8-7-12-13-9-10-24-19(5-2,11-16(22)23-3)18(13)21-17(12)14/h4,6-8,21H,5,9-11H2,1-3H3/b6-4+. The van der Waals surface area contributed by atoms with Crippen LogP contribution in [-0.2, 0) is 26.3 Å². The molecule has 1 aliphatic heterocycles. The summed E-state index contributed by atoms with van der Waals surface area (Å²) in [4.78, 5) is 15.3. The molecule has 1 N–H and O–H groups in total. The molecule has 1 atom stereocenters. The molecule has 0 saturated carbocycles. The molecule has 1 aliphatic rings. The van der Waals surface area contributed by atoms with E-state index in [0.717, 1.165) is 28.6 Å². The van der Waals surface area contributed by atoms with Crippen LogP contribution in [0.3, 0.4) is 0 Å². The molecule has 0 aliphatic carbocycles. The van der Waals surface area contributed by atoms with Crippen molar-refractivity contribution >= 4 is 22.9 Å². The maximum absolute atomic E-state index is 14.2. The third-order valence-corrected chi connectivity index (χ3v) is 4.82. The van der Waals surface area contributed by atoms with Crippen molar-refractivity contribution in [1.82, 2.24) is 4.98 Å². The van der Waals surface area contributed by atoms with E-state index in [1.807, 2.05) is 19.9 Å². The van der Waals surface area contributed by atoms with Crippen LogP contribution in [0, 0.1) is 5.82 Å². The minimum atomic E-state index is -0.747. The minimum Gasteiger partial charge on any atom is -0.469 e. The number of hydrogen-bond acceptors (Lipinski definition) is 3. The van der Waals surface area contributed by atoms with Gasteiger partial charge in [0.15, 0.2) is 0 Å². The quantitative estimate of drug-likeness (QED) is 0.859. The molecule has 4 nitrogen and oxygen atoms in total. The van der Waals surface area contributed by atoms with Crippen molar-refractivity contribution in [2.75, 3.05) is 13.7 Å². The van der Waals surface area contributed by atoms with Crippen LogP contribution in [0.4, 0.5) is 4.39 Å². The number of nitrogens with one attached hydrogen (secondary N) is 1. The number of allylic oxidation sites excluding steroid dienone is 1. The maximum atomic E-state index is 14.2. The number of ether oxygens (including phenoxy) is 2. The summed E-state index contributed by atoms with van der Waals surface area (Å²) in [5.74, 6) is -0.585. The van der Waals surface area contributed by atoms with Crippen LogP contribution in [0.25, 0.3) is 17.0 Å². The Morgan fingerprint density at radius 3 is 2.96 bits per heavy atom. The second-order valence-corrected chi connectivity index (χ2v) is 6.06. The number of methoxy groups -OCH3 is 1. The van der Waals surface area contributed by atoms with Crippen LogP contribution in [0.1, 0.15) is 43.5 Å². The van der Waals surface area contributed by atoms with Gasteiger partial charge >= 0.3 is 5.97 Å². The van der Waals surface area contributed by atoms with E-state index in [9.17, 15) is 9.18 Å². The highest BCUT2D eigenvalue weighted by Crippen LogP contribution is 2.42. The van der Waals surface area contributed by atoms with Crippen LogP contribution in [0.15, 0.2) is 18.2 Å². The summed E-state index contributed by atoms with van der Waals surface area (Å²) in [6.45, 7) is 4.37. The molecule has 0 amide bonds. The van der Waals surface area contributed by atoms with Crippen molar-refractivity contribution in [3.63, 3.8) is 0 Å². The summed E-state index contributed by atoms with van der Waals surface area (Å²) in [6, 6.07) is 3.30. The number of H-pyrrole nitrogens is 1. The molecule has 1 aromatic heterocycles. The molecule has 1 aromatic carbocycles. The van der Waals surface area contributed by atoms with Gasteiger partial charge in [-0.05, 0) is 37.5 Å². The Balaban J connectivity index is 2.24. The van der Waals surface area contributed by atoms with Gasteiger partial charge in [0.05, 0.1) is 31.3 Å². The Morgan fingerprint density at radius 1 is 1.50 bits per heavy atom. The number of rotatable bonds is 4. The molecule has 5 heteroatoms. The number of aromatic amines is 1. The molecule has 0 fully saturated rings. The molecule has 24 heavy (non-hydrogen) atoms. The summed E-state index contributed by atoms with van der Waals surface area (Å²) in [5, 5.41) is 0.991. The highest BCUT2D eigenvalue weighted by atomic mass is 19.1. The number of hydrogen-bond donors (Lipinski definition) is 1. The number of carbonyl (C=O) groups is 1. The fourth-order valence-electron chi connectivity index (χ4n) is 3.56. The lowest BCUT2D eigenvalue weighted by Gasteiger charge is -2.35. The van der Waals surface area contributed by atoms with Gasteiger partial charge in [-0.25, -0.2) is 4.39 Å². The van der Waals surface area contributed by atoms with Crippen molar-refractivity contribution in [1.29, 1.82) is 0 Å². The first-order chi connectivity index (χ1) is 11.6. The highest BCUT2D eigenvalue weighted by Gasteiger charge is 2.41. The van der Waals surface area contributed by atoms with Crippen molar-refractivity contribution in [2.24, 2.45) is 0 Å². The third kappa shape index (κ3) is 2.53. The molecule has 128 valence electrons. The second kappa shape index (κ2) is 6.40. The van der Waals surface area contributed by atoms with E-state index >= 15 is 0 Å². The Kier molecular flexibility index (Phi) is 4.45. The number of esters is 1. The van der Waals surface area contributed by atoms with E-state index < -0.39 is 5.60 Å². The first-order valence-electron chi connectivity index (χ1n) is 8.23. The van der Waals surface area contributed by atoms with E-state index in [1.165, 1.54) is 13.2 Å². The van der Waals surface area contributed by atoms with Gasteiger partial charge in [-0.1, -0.05) is 19.1 Å². The Bertz CT molecular complexity index is 809. The highest BCUT2D eigenvalue weighted by molar-refractivity contribution is 5.92. The van der Waals surface area contributed by atoms with Crippen molar-refractivity contribution in [3.8, 4) is 0 Å². The number of halogens is 1. The van der Waals surface area contributed by atoms with Gasteiger partial charge in [-0.15, -0.1) is 0 Å². The zero-order valence-electron chi connectivity index (χ0n) is 14.2. The zero-order chi connectivity index (χ0) is 17.3. The summed E-state index contributed by atoms with van der Waals surface area (Å²) in [5.41, 5.74) is 2.52. The first-order valence-corrected chi connectivity index (χ1v) is 8.23. The number of fused-ring (bicyclic) bond motifs is 3. The Labute approximate surface area is 140 Å². The predicted molar refractivity (Wildman–Crippen MR) is 91.2 cm³/mol. The van der Waals surface area contributed by atoms with Crippen molar-refractivity contribution < 1.29 is 18.7 Å². The molecule has 0 bridgehead atoms. The average molecular weight is 331 g/mol. The fraction of sp³-hybridized carbons (Fsp3) is 0.421. The number of benzene rings is 1. The van der Waals surface area contributed by atoms with Gasteiger partial charge in [-0.2, -0.15) is 0 Å². The van der Waals surface area contributed by atoms with E-state index in [-0.39, 0.29) is 18.2 Å². The van der Waals surface area contributed by atoms with Crippen molar-refractivity contribution in [3.05, 3.63) is 40.8 Å². The molecule has 2 aromatic rings. The molecular formula is C19H22FNO3. The van der Waals surface area contributed by atoms with E-state index in [2.05, 4.69) is 4.98 Å². The van der Waals surface area contributed by atoms with E-state index in [0.29, 0.717) is 18.6 Å². The summed E-state index contributed by atoms with van der Waals surface area (Å²) in [7, 11) is 1.38. The molecule has 2 heterocycles. The van der Waals surface area contributed by atoms with Crippen molar-refractivity contribution in [2.45, 2.75) is 38.7 Å². The van der Waals surface area contributed by atoms with E-state index in [1.54, 1.807) is 12.1 Å². The second-order valence-electron chi connectivity index (χ2n) is 6.06. The molecule has 0 spiro atoms.